The van der Waals surface area contributed by atoms with E-state index in [0.29, 0.717) is 0 Å². The van der Waals surface area contributed by atoms with Crippen molar-refractivity contribution >= 4 is 0 Å². The van der Waals surface area contributed by atoms with Crippen LogP contribution in [0.5, 0.6) is 0 Å². The highest BCUT2D eigenvalue weighted by Crippen LogP contribution is 2.47. The molecule has 0 fully saturated rings. The second-order valence-corrected chi connectivity index (χ2v) is 7.48. The summed E-state index contributed by atoms with van der Waals surface area (Å²) in [5.41, 5.74) is -0.840. The van der Waals surface area contributed by atoms with Crippen molar-refractivity contribution in [3.05, 3.63) is 0 Å². The van der Waals surface area contributed by atoms with Crippen LogP contribution in [0.25, 0.3) is 0 Å². The fourth-order valence-electron chi connectivity index (χ4n) is 2.90. The van der Waals surface area contributed by atoms with Crippen LogP contribution in [-0.4, -0.2) is 22.4 Å². The summed E-state index contributed by atoms with van der Waals surface area (Å²) in [5, 5.41) is 21.3. The molecular weight excluding hydrogens is 212 g/mol. The number of aliphatic hydroxyl groups is 2. The molecule has 0 aromatic heterocycles. The van der Waals surface area contributed by atoms with Gasteiger partial charge in [-0.2, -0.15) is 0 Å². The second kappa shape index (κ2) is 5.27. The lowest BCUT2D eigenvalue weighted by molar-refractivity contribution is -0.151. The number of hydrogen-bond acceptors (Lipinski definition) is 2. The predicted octanol–water partition coefficient (Wildman–Crippen LogP) is 3.61. The summed E-state index contributed by atoms with van der Waals surface area (Å²) in [6, 6.07) is 0. The van der Waals surface area contributed by atoms with E-state index in [1.165, 1.54) is 0 Å². The minimum absolute atomic E-state index is 0.210. The molecule has 0 heterocycles. The molecule has 0 radical (unpaired) electrons. The number of hydrogen-bond donors (Lipinski definition) is 2. The first-order valence-corrected chi connectivity index (χ1v) is 6.79. The minimum Gasteiger partial charge on any atom is -0.392 e. The Labute approximate surface area is 107 Å². The lowest BCUT2D eigenvalue weighted by Gasteiger charge is -2.50. The van der Waals surface area contributed by atoms with Gasteiger partial charge in [-0.05, 0) is 23.7 Å². The lowest BCUT2D eigenvalue weighted by Crippen LogP contribution is -2.54. The van der Waals surface area contributed by atoms with E-state index in [1.807, 2.05) is 41.5 Å². The van der Waals surface area contributed by atoms with Gasteiger partial charge >= 0.3 is 0 Å². The van der Waals surface area contributed by atoms with Crippen molar-refractivity contribution in [2.45, 2.75) is 80.4 Å². The smallest absolute Gasteiger partial charge is 0.0669 e. The van der Waals surface area contributed by atoms with Gasteiger partial charge in [-0.1, -0.05) is 55.4 Å². The van der Waals surface area contributed by atoms with Crippen molar-refractivity contribution in [3.63, 3.8) is 0 Å². The third-order valence-electron chi connectivity index (χ3n) is 4.05. The van der Waals surface area contributed by atoms with Crippen molar-refractivity contribution in [3.8, 4) is 0 Å². The first-order valence-electron chi connectivity index (χ1n) is 6.79. The Morgan fingerprint density at radius 2 is 0.941 bits per heavy atom. The molecule has 0 spiro atoms. The van der Waals surface area contributed by atoms with Gasteiger partial charge in [0.05, 0.1) is 12.2 Å². The van der Waals surface area contributed by atoms with Crippen molar-refractivity contribution in [1.29, 1.82) is 0 Å². The normalized spacial score (nSPS) is 18.0. The number of rotatable bonds is 4. The van der Waals surface area contributed by atoms with Crippen molar-refractivity contribution in [2.24, 2.45) is 16.2 Å². The molecule has 0 aliphatic rings. The Balaban J connectivity index is 5.45. The van der Waals surface area contributed by atoms with Gasteiger partial charge in [-0.25, -0.2) is 0 Å². The van der Waals surface area contributed by atoms with Gasteiger partial charge < -0.3 is 10.2 Å². The highest BCUT2D eigenvalue weighted by Gasteiger charge is 2.49. The summed E-state index contributed by atoms with van der Waals surface area (Å²) >= 11 is 0. The third-order valence-corrected chi connectivity index (χ3v) is 4.05. The average molecular weight is 244 g/mol. The largest absolute Gasteiger partial charge is 0.392 e. The molecule has 2 N–H and O–H groups in total. The van der Waals surface area contributed by atoms with Crippen LogP contribution in [0.1, 0.15) is 68.2 Å². The molecule has 0 aliphatic heterocycles. The summed E-state index contributed by atoms with van der Waals surface area (Å²) in [6.45, 7) is 16.3. The van der Waals surface area contributed by atoms with Crippen LogP contribution < -0.4 is 0 Å². The molecule has 2 heteroatoms. The first kappa shape index (κ1) is 16.9. The van der Waals surface area contributed by atoms with E-state index in [9.17, 15) is 10.2 Å². The second-order valence-electron chi connectivity index (χ2n) is 7.48. The van der Waals surface area contributed by atoms with Gasteiger partial charge in [0.2, 0.25) is 0 Å². The van der Waals surface area contributed by atoms with Crippen LogP contribution in [0.3, 0.4) is 0 Å². The predicted molar refractivity (Wildman–Crippen MR) is 73.9 cm³/mol. The van der Waals surface area contributed by atoms with Crippen LogP contribution in [0.4, 0.5) is 0 Å². The molecule has 0 saturated heterocycles. The van der Waals surface area contributed by atoms with Gasteiger partial charge in [0.15, 0.2) is 0 Å². The van der Waals surface area contributed by atoms with E-state index in [-0.39, 0.29) is 10.8 Å². The van der Waals surface area contributed by atoms with Gasteiger partial charge in [0.1, 0.15) is 0 Å². The Bertz CT molecular complexity index is 206. The molecule has 0 rings (SSSR count). The first-order chi connectivity index (χ1) is 7.43. The Kier molecular flexibility index (Phi) is 5.25. The van der Waals surface area contributed by atoms with Crippen LogP contribution in [0.2, 0.25) is 0 Å². The van der Waals surface area contributed by atoms with E-state index in [1.54, 1.807) is 0 Å². The average Bonchev–Trinajstić information content (AvgIpc) is 2.17. The Hall–Kier alpha value is -0.0800. The molecule has 0 amide bonds. The zero-order chi connectivity index (χ0) is 14.1. The monoisotopic (exact) mass is 244 g/mol. The molecular formula is C15H32O2. The van der Waals surface area contributed by atoms with E-state index in [0.717, 1.165) is 12.8 Å². The van der Waals surface area contributed by atoms with Crippen molar-refractivity contribution < 1.29 is 10.2 Å². The fraction of sp³-hybridized carbons (Fsp3) is 1.00. The lowest BCUT2D eigenvalue weighted by atomic mass is 9.60. The molecule has 2 nitrogen and oxygen atoms in total. The summed E-state index contributed by atoms with van der Waals surface area (Å²) in [4.78, 5) is 0. The topological polar surface area (TPSA) is 40.5 Å². The molecule has 0 bridgehead atoms. The molecule has 0 aromatic rings. The Morgan fingerprint density at radius 1 is 0.706 bits per heavy atom. The van der Waals surface area contributed by atoms with Gasteiger partial charge in [-0.3, -0.25) is 0 Å². The van der Waals surface area contributed by atoms with Gasteiger partial charge in [-0.15, -0.1) is 0 Å². The standard InChI is InChI=1S/C15H32O2/c1-9-15(10-2,11(16)13(3,4)5)12(17)14(6,7)8/h11-12,16-17H,9-10H2,1-8H3. The Morgan fingerprint density at radius 3 is 1.06 bits per heavy atom. The minimum atomic E-state index is -0.501. The maximum absolute atomic E-state index is 10.7. The summed E-state index contributed by atoms with van der Waals surface area (Å²) in [6.07, 6.45) is 0.583. The van der Waals surface area contributed by atoms with Crippen LogP contribution >= 0.6 is 0 Å². The maximum atomic E-state index is 10.7. The maximum Gasteiger partial charge on any atom is 0.0669 e. The molecule has 0 saturated carbocycles. The van der Waals surface area contributed by atoms with E-state index >= 15 is 0 Å². The summed E-state index contributed by atoms with van der Waals surface area (Å²) in [5.74, 6) is 0. The molecule has 2 unspecified atom stereocenters. The highest BCUT2D eigenvalue weighted by atomic mass is 16.3. The van der Waals surface area contributed by atoms with Gasteiger partial charge in [0.25, 0.3) is 0 Å². The quantitative estimate of drug-likeness (QED) is 0.793. The molecule has 0 aliphatic carbocycles. The van der Waals surface area contributed by atoms with Crippen molar-refractivity contribution in [2.75, 3.05) is 0 Å². The van der Waals surface area contributed by atoms with Crippen LogP contribution in [0.15, 0.2) is 0 Å². The zero-order valence-electron chi connectivity index (χ0n) is 13.0. The zero-order valence-corrected chi connectivity index (χ0v) is 13.0. The third kappa shape index (κ3) is 3.45. The van der Waals surface area contributed by atoms with Gasteiger partial charge in [0, 0.05) is 5.41 Å². The van der Waals surface area contributed by atoms with E-state index < -0.39 is 17.6 Å². The molecule has 104 valence electrons. The van der Waals surface area contributed by atoms with Crippen LogP contribution in [-0.2, 0) is 0 Å². The SMILES string of the molecule is CCC(CC)(C(O)C(C)(C)C)C(O)C(C)(C)C. The van der Waals surface area contributed by atoms with Crippen LogP contribution in [0, 0.1) is 16.2 Å². The fourth-order valence-corrected chi connectivity index (χ4v) is 2.90. The van der Waals surface area contributed by atoms with E-state index in [4.69, 9.17) is 0 Å². The molecule has 17 heavy (non-hydrogen) atoms. The highest BCUT2D eigenvalue weighted by molar-refractivity contribution is 4.99. The summed E-state index contributed by atoms with van der Waals surface area (Å²) in [7, 11) is 0. The summed E-state index contributed by atoms with van der Waals surface area (Å²) < 4.78 is 0. The molecule has 0 aromatic carbocycles. The number of aliphatic hydroxyl groups excluding tert-OH is 2. The molecule has 2 atom stereocenters. The van der Waals surface area contributed by atoms with E-state index in [2.05, 4.69) is 13.8 Å². The van der Waals surface area contributed by atoms with Crippen molar-refractivity contribution in [1.82, 2.24) is 0 Å².